The summed E-state index contributed by atoms with van der Waals surface area (Å²) in [6.45, 7) is 12.7. The predicted molar refractivity (Wildman–Crippen MR) is 86.8 cm³/mol. The highest BCUT2D eigenvalue weighted by Crippen LogP contribution is 2.27. The third kappa shape index (κ3) is 6.56. The van der Waals surface area contributed by atoms with E-state index in [0.29, 0.717) is 11.5 Å². The molecule has 0 aromatic carbocycles. The van der Waals surface area contributed by atoms with E-state index in [0.717, 1.165) is 18.9 Å². The SMILES string of the molecule is CCCNC(Cc1nccn1C)CC(C)CC(C)(C)C. The van der Waals surface area contributed by atoms with E-state index in [1.54, 1.807) is 0 Å². The monoisotopic (exact) mass is 279 g/mol. The van der Waals surface area contributed by atoms with E-state index in [1.807, 2.05) is 12.4 Å². The van der Waals surface area contributed by atoms with Crippen molar-refractivity contribution < 1.29 is 0 Å². The molecular formula is C17H33N3. The van der Waals surface area contributed by atoms with Crippen molar-refractivity contribution in [3.63, 3.8) is 0 Å². The molecule has 0 spiro atoms. The van der Waals surface area contributed by atoms with Crippen LogP contribution in [0, 0.1) is 11.3 Å². The number of rotatable bonds is 8. The van der Waals surface area contributed by atoms with Gasteiger partial charge in [0, 0.05) is 31.9 Å². The van der Waals surface area contributed by atoms with Crippen LogP contribution in [0.2, 0.25) is 0 Å². The maximum Gasteiger partial charge on any atom is 0.109 e. The Morgan fingerprint density at radius 3 is 2.55 bits per heavy atom. The van der Waals surface area contributed by atoms with Gasteiger partial charge >= 0.3 is 0 Å². The Morgan fingerprint density at radius 1 is 1.35 bits per heavy atom. The third-order valence-corrected chi connectivity index (χ3v) is 3.68. The lowest BCUT2D eigenvalue weighted by Gasteiger charge is -2.27. The first kappa shape index (κ1) is 17.2. The summed E-state index contributed by atoms with van der Waals surface area (Å²) in [5, 5.41) is 3.70. The largest absolute Gasteiger partial charge is 0.338 e. The van der Waals surface area contributed by atoms with E-state index >= 15 is 0 Å². The number of nitrogens with zero attached hydrogens (tertiary/aromatic N) is 2. The molecule has 1 heterocycles. The summed E-state index contributed by atoms with van der Waals surface area (Å²) in [7, 11) is 2.08. The fourth-order valence-corrected chi connectivity index (χ4v) is 3.02. The maximum absolute atomic E-state index is 4.47. The van der Waals surface area contributed by atoms with Crippen molar-refractivity contribution in [2.75, 3.05) is 6.54 Å². The topological polar surface area (TPSA) is 29.9 Å². The molecule has 1 aromatic heterocycles. The van der Waals surface area contributed by atoms with E-state index in [-0.39, 0.29) is 0 Å². The minimum Gasteiger partial charge on any atom is -0.338 e. The lowest BCUT2D eigenvalue weighted by Crippen LogP contribution is -2.34. The molecule has 2 atom stereocenters. The first-order valence-electron chi connectivity index (χ1n) is 8.01. The van der Waals surface area contributed by atoms with Crippen LogP contribution in [-0.2, 0) is 13.5 Å². The highest BCUT2D eigenvalue weighted by atomic mass is 15.0. The highest BCUT2D eigenvalue weighted by molar-refractivity contribution is 4.95. The maximum atomic E-state index is 4.47. The van der Waals surface area contributed by atoms with E-state index in [2.05, 4.69) is 56.5 Å². The van der Waals surface area contributed by atoms with Crippen molar-refractivity contribution in [3.8, 4) is 0 Å². The Morgan fingerprint density at radius 2 is 2.05 bits per heavy atom. The van der Waals surface area contributed by atoms with Gasteiger partial charge in [-0.1, -0.05) is 34.6 Å². The molecule has 0 bridgehead atoms. The number of imidazole rings is 1. The van der Waals surface area contributed by atoms with Crippen molar-refractivity contribution in [1.29, 1.82) is 0 Å². The molecular weight excluding hydrogens is 246 g/mol. The van der Waals surface area contributed by atoms with Gasteiger partial charge in [-0.25, -0.2) is 4.98 Å². The van der Waals surface area contributed by atoms with Gasteiger partial charge in [-0.15, -0.1) is 0 Å². The third-order valence-electron chi connectivity index (χ3n) is 3.68. The molecule has 0 saturated heterocycles. The summed E-state index contributed by atoms with van der Waals surface area (Å²) >= 11 is 0. The van der Waals surface area contributed by atoms with E-state index < -0.39 is 0 Å². The number of nitrogens with one attached hydrogen (secondary N) is 1. The Balaban J connectivity index is 2.57. The van der Waals surface area contributed by atoms with Gasteiger partial charge in [0.1, 0.15) is 5.82 Å². The molecule has 3 heteroatoms. The summed E-state index contributed by atoms with van der Waals surface area (Å²) < 4.78 is 2.13. The molecule has 1 N–H and O–H groups in total. The zero-order valence-corrected chi connectivity index (χ0v) is 14.2. The molecule has 0 aliphatic heterocycles. The molecule has 0 aliphatic carbocycles. The van der Waals surface area contributed by atoms with Gasteiger partial charge in [-0.3, -0.25) is 0 Å². The summed E-state index contributed by atoms with van der Waals surface area (Å²) in [6, 6.07) is 0.536. The summed E-state index contributed by atoms with van der Waals surface area (Å²) in [5.41, 5.74) is 0.415. The molecule has 20 heavy (non-hydrogen) atoms. The molecule has 116 valence electrons. The van der Waals surface area contributed by atoms with Gasteiger partial charge in [0.2, 0.25) is 0 Å². The molecule has 0 amide bonds. The van der Waals surface area contributed by atoms with Crippen LogP contribution in [0.3, 0.4) is 0 Å². The second-order valence-electron chi connectivity index (χ2n) is 7.42. The fraction of sp³-hybridized carbons (Fsp3) is 0.824. The van der Waals surface area contributed by atoms with Crippen molar-refractivity contribution in [2.24, 2.45) is 18.4 Å². The minimum atomic E-state index is 0.415. The predicted octanol–water partition coefficient (Wildman–Crippen LogP) is 3.79. The van der Waals surface area contributed by atoms with Crippen LogP contribution in [-0.4, -0.2) is 22.1 Å². The van der Waals surface area contributed by atoms with Crippen molar-refractivity contribution in [1.82, 2.24) is 14.9 Å². The van der Waals surface area contributed by atoms with E-state index in [4.69, 9.17) is 0 Å². The first-order chi connectivity index (χ1) is 9.31. The number of hydrogen-bond acceptors (Lipinski definition) is 2. The number of aromatic nitrogens is 2. The van der Waals surface area contributed by atoms with Crippen LogP contribution < -0.4 is 5.32 Å². The van der Waals surface area contributed by atoms with E-state index in [9.17, 15) is 0 Å². The Labute approximate surface area is 125 Å². The molecule has 0 aliphatic rings. The molecule has 0 saturated carbocycles. The zero-order chi connectivity index (χ0) is 15.2. The number of aryl methyl sites for hydroxylation is 1. The van der Waals surface area contributed by atoms with Gasteiger partial charge in [0.05, 0.1) is 0 Å². The smallest absolute Gasteiger partial charge is 0.109 e. The lowest BCUT2D eigenvalue weighted by atomic mass is 9.82. The first-order valence-corrected chi connectivity index (χ1v) is 8.01. The summed E-state index contributed by atoms with van der Waals surface area (Å²) in [4.78, 5) is 4.47. The van der Waals surface area contributed by atoms with E-state index in [1.165, 1.54) is 25.1 Å². The van der Waals surface area contributed by atoms with Crippen LogP contribution in [0.5, 0.6) is 0 Å². The van der Waals surface area contributed by atoms with Crippen LogP contribution in [0.4, 0.5) is 0 Å². The average Bonchev–Trinajstić information content (AvgIpc) is 2.69. The Kier molecular flexibility index (Phi) is 6.74. The number of hydrogen-bond donors (Lipinski definition) is 1. The molecule has 1 aromatic rings. The van der Waals surface area contributed by atoms with Crippen molar-refractivity contribution >= 4 is 0 Å². The Bertz CT molecular complexity index is 376. The van der Waals surface area contributed by atoms with Crippen LogP contribution in [0.1, 0.15) is 59.7 Å². The van der Waals surface area contributed by atoms with Crippen molar-refractivity contribution in [3.05, 3.63) is 18.2 Å². The molecule has 0 radical (unpaired) electrons. The summed E-state index contributed by atoms with van der Waals surface area (Å²) in [5.74, 6) is 1.92. The Hall–Kier alpha value is -0.830. The lowest BCUT2D eigenvalue weighted by molar-refractivity contribution is 0.273. The average molecular weight is 279 g/mol. The molecule has 1 rings (SSSR count). The second-order valence-corrected chi connectivity index (χ2v) is 7.42. The van der Waals surface area contributed by atoms with Crippen LogP contribution >= 0.6 is 0 Å². The van der Waals surface area contributed by atoms with Crippen molar-refractivity contribution in [2.45, 2.75) is 66.3 Å². The zero-order valence-electron chi connectivity index (χ0n) is 14.2. The van der Waals surface area contributed by atoms with Gasteiger partial charge in [0.25, 0.3) is 0 Å². The van der Waals surface area contributed by atoms with Crippen LogP contribution in [0.15, 0.2) is 12.4 Å². The normalized spacial score (nSPS) is 15.3. The van der Waals surface area contributed by atoms with Gasteiger partial charge in [-0.05, 0) is 37.1 Å². The standard InChI is InChI=1S/C17H33N3/c1-7-8-18-15(11-14(2)13-17(3,4)5)12-16-19-9-10-20(16)6/h9-10,14-15,18H,7-8,11-13H2,1-6H3. The quantitative estimate of drug-likeness (QED) is 0.784. The molecule has 0 fully saturated rings. The van der Waals surface area contributed by atoms with Crippen LogP contribution in [0.25, 0.3) is 0 Å². The summed E-state index contributed by atoms with van der Waals surface area (Å²) in [6.07, 6.45) is 8.64. The molecule has 2 unspecified atom stereocenters. The minimum absolute atomic E-state index is 0.415. The fourth-order valence-electron chi connectivity index (χ4n) is 3.02. The van der Waals surface area contributed by atoms with Gasteiger partial charge < -0.3 is 9.88 Å². The van der Waals surface area contributed by atoms with Gasteiger partial charge in [0.15, 0.2) is 0 Å². The molecule has 3 nitrogen and oxygen atoms in total. The second kappa shape index (κ2) is 7.82. The van der Waals surface area contributed by atoms with Gasteiger partial charge in [-0.2, -0.15) is 0 Å². The highest BCUT2D eigenvalue weighted by Gasteiger charge is 2.20.